The van der Waals surface area contributed by atoms with Crippen molar-refractivity contribution >= 4 is 11.6 Å². The second kappa shape index (κ2) is 4.88. The molecule has 1 amide bonds. The van der Waals surface area contributed by atoms with E-state index in [2.05, 4.69) is 10.3 Å². The van der Waals surface area contributed by atoms with E-state index >= 15 is 0 Å². The maximum Gasteiger partial charge on any atom is 0.239 e. The Kier molecular flexibility index (Phi) is 3.06. The van der Waals surface area contributed by atoms with Crippen molar-refractivity contribution in [2.45, 2.75) is 5.92 Å². The van der Waals surface area contributed by atoms with Crippen LogP contribution >= 0.6 is 0 Å². The molecule has 0 radical (unpaired) electrons. The first-order valence-electron chi connectivity index (χ1n) is 6.00. The van der Waals surface area contributed by atoms with Crippen LogP contribution in [0.15, 0.2) is 36.4 Å². The predicted molar refractivity (Wildman–Crippen MR) is 67.5 cm³/mol. The molecule has 1 aromatic carbocycles. The molecule has 20 heavy (non-hydrogen) atoms. The molecular formula is C14H10F2N2O2. The highest BCUT2D eigenvalue weighted by Crippen LogP contribution is 2.34. The number of amides is 1. The first-order valence-corrected chi connectivity index (χ1v) is 6.00. The fourth-order valence-electron chi connectivity index (χ4n) is 2.10. The van der Waals surface area contributed by atoms with E-state index in [1.54, 1.807) is 18.2 Å². The predicted octanol–water partition coefficient (Wildman–Crippen LogP) is 2.47. The lowest BCUT2D eigenvalue weighted by Crippen LogP contribution is -2.23. The molecule has 1 aromatic heterocycles. The van der Waals surface area contributed by atoms with Crippen LogP contribution in [0.1, 0.15) is 11.5 Å². The Balaban J connectivity index is 1.81. The third-order valence-electron chi connectivity index (χ3n) is 3.09. The number of anilines is 1. The van der Waals surface area contributed by atoms with Crippen molar-refractivity contribution in [3.8, 4) is 5.75 Å². The Morgan fingerprint density at radius 1 is 1.25 bits per heavy atom. The number of ether oxygens (including phenoxy) is 1. The van der Waals surface area contributed by atoms with Gasteiger partial charge in [-0.05, 0) is 18.2 Å². The van der Waals surface area contributed by atoms with Crippen LogP contribution in [0, 0.1) is 11.9 Å². The fourth-order valence-corrected chi connectivity index (χ4v) is 2.10. The standard InChI is InChI=1S/C14H10F2N2O2/c15-12-6-5-10(13(16)18-12)17-14(19)9-7-20-11-4-2-1-3-8(9)11/h1-6,9H,7H2,(H,17,19). The van der Waals surface area contributed by atoms with E-state index in [9.17, 15) is 13.6 Å². The van der Waals surface area contributed by atoms with Gasteiger partial charge in [0.25, 0.3) is 0 Å². The lowest BCUT2D eigenvalue weighted by molar-refractivity contribution is -0.117. The summed E-state index contributed by atoms with van der Waals surface area (Å²) >= 11 is 0. The van der Waals surface area contributed by atoms with Crippen LogP contribution in [0.4, 0.5) is 14.5 Å². The highest BCUT2D eigenvalue weighted by atomic mass is 19.1. The van der Waals surface area contributed by atoms with E-state index in [4.69, 9.17) is 4.74 Å². The third-order valence-corrected chi connectivity index (χ3v) is 3.09. The Morgan fingerprint density at radius 2 is 2.05 bits per heavy atom. The molecule has 0 bridgehead atoms. The molecule has 0 aliphatic carbocycles. The van der Waals surface area contributed by atoms with Crippen LogP contribution in [0.2, 0.25) is 0 Å². The second-order valence-corrected chi connectivity index (χ2v) is 4.36. The number of hydrogen-bond donors (Lipinski definition) is 1. The van der Waals surface area contributed by atoms with Gasteiger partial charge in [-0.15, -0.1) is 0 Å². The molecule has 0 saturated carbocycles. The Hall–Kier alpha value is -2.50. The summed E-state index contributed by atoms with van der Waals surface area (Å²) < 4.78 is 31.5. The van der Waals surface area contributed by atoms with Crippen molar-refractivity contribution in [3.05, 3.63) is 53.9 Å². The zero-order valence-electron chi connectivity index (χ0n) is 10.3. The average Bonchev–Trinajstić information content (AvgIpc) is 2.86. The number of halogens is 2. The van der Waals surface area contributed by atoms with Crippen LogP contribution in [0.25, 0.3) is 0 Å². The van der Waals surface area contributed by atoms with Gasteiger partial charge in [-0.25, -0.2) is 0 Å². The van der Waals surface area contributed by atoms with E-state index in [1.807, 2.05) is 6.07 Å². The van der Waals surface area contributed by atoms with Crippen molar-refractivity contribution in [3.63, 3.8) is 0 Å². The van der Waals surface area contributed by atoms with Gasteiger partial charge >= 0.3 is 0 Å². The van der Waals surface area contributed by atoms with Gasteiger partial charge in [0.1, 0.15) is 18.3 Å². The van der Waals surface area contributed by atoms with Gasteiger partial charge in [-0.1, -0.05) is 18.2 Å². The number of rotatable bonds is 2. The Bertz CT molecular complexity index is 676. The van der Waals surface area contributed by atoms with Gasteiger partial charge in [0, 0.05) is 5.56 Å². The summed E-state index contributed by atoms with van der Waals surface area (Å²) in [5.74, 6) is -2.27. The number of fused-ring (bicyclic) bond motifs is 1. The highest BCUT2D eigenvalue weighted by molar-refractivity contribution is 5.96. The summed E-state index contributed by atoms with van der Waals surface area (Å²) in [6, 6.07) is 9.28. The normalized spacial score (nSPS) is 16.4. The minimum atomic E-state index is -1.05. The van der Waals surface area contributed by atoms with Crippen LogP contribution in [-0.2, 0) is 4.79 Å². The van der Waals surface area contributed by atoms with E-state index in [0.29, 0.717) is 5.75 Å². The SMILES string of the molecule is O=C(Nc1ccc(F)nc1F)C1COc2ccccc21. The molecule has 6 heteroatoms. The smallest absolute Gasteiger partial charge is 0.239 e. The highest BCUT2D eigenvalue weighted by Gasteiger charge is 2.30. The van der Waals surface area contributed by atoms with Gasteiger partial charge in [-0.3, -0.25) is 4.79 Å². The summed E-state index contributed by atoms with van der Waals surface area (Å²) in [5, 5.41) is 2.40. The molecule has 1 aliphatic rings. The largest absolute Gasteiger partial charge is 0.492 e. The van der Waals surface area contributed by atoms with Crippen LogP contribution in [0.3, 0.4) is 0 Å². The van der Waals surface area contributed by atoms with Crippen molar-refractivity contribution in [1.82, 2.24) is 4.98 Å². The Labute approximate surface area is 113 Å². The fraction of sp³-hybridized carbons (Fsp3) is 0.143. The van der Waals surface area contributed by atoms with Gasteiger partial charge in [-0.2, -0.15) is 13.8 Å². The number of pyridine rings is 1. The molecule has 0 fully saturated rings. The molecule has 1 N–H and O–H groups in total. The van der Waals surface area contributed by atoms with Gasteiger partial charge in [0.2, 0.25) is 17.8 Å². The van der Waals surface area contributed by atoms with Crippen molar-refractivity contribution in [1.29, 1.82) is 0 Å². The van der Waals surface area contributed by atoms with E-state index in [0.717, 1.165) is 17.7 Å². The number of nitrogens with zero attached hydrogens (tertiary/aromatic N) is 1. The third kappa shape index (κ3) is 2.20. The summed E-state index contributed by atoms with van der Waals surface area (Å²) in [6.45, 7) is 0.196. The molecule has 4 nitrogen and oxygen atoms in total. The first-order chi connectivity index (χ1) is 9.65. The maximum absolute atomic E-state index is 13.4. The molecule has 0 saturated heterocycles. The van der Waals surface area contributed by atoms with Crippen molar-refractivity contribution in [2.75, 3.05) is 11.9 Å². The number of benzene rings is 1. The lowest BCUT2D eigenvalue weighted by Gasteiger charge is -2.10. The summed E-state index contributed by atoms with van der Waals surface area (Å²) in [4.78, 5) is 15.2. The molecule has 1 aliphatic heterocycles. The topological polar surface area (TPSA) is 51.2 Å². The van der Waals surface area contributed by atoms with E-state index in [-0.39, 0.29) is 12.3 Å². The average molecular weight is 276 g/mol. The minimum Gasteiger partial charge on any atom is -0.492 e. The van der Waals surface area contributed by atoms with Gasteiger partial charge < -0.3 is 10.1 Å². The molecule has 1 atom stereocenters. The lowest BCUT2D eigenvalue weighted by atomic mass is 10.0. The summed E-state index contributed by atoms with van der Waals surface area (Å²) in [7, 11) is 0. The molecular weight excluding hydrogens is 266 g/mol. The van der Waals surface area contributed by atoms with Crippen molar-refractivity contribution in [2.24, 2.45) is 0 Å². The second-order valence-electron chi connectivity index (χ2n) is 4.36. The molecule has 0 spiro atoms. The quantitative estimate of drug-likeness (QED) is 0.857. The van der Waals surface area contributed by atoms with Crippen LogP contribution in [0.5, 0.6) is 5.75 Å². The molecule has 2 heterocycles. The molecule has 102 valence electrons. The zero-order valence-corrected chi connectivity index (χ0v) is 10.3. The maximum atomic E-state index is 13.4. The van der Waals surface area contributed by atoms with Gasteiger partial charge in [0.15, 0.2) is 0 Å². The molecule has 1 unspecified atom stereocenters. The molecule has 3 rings (SSSR count). The van der Waals surface area contributed by atoms with Gasteiger partial charge in [0.05, 0.1) is 5.69 Å². The number of nitrogens with one attached hydrogen (secondary N) is 1. The summed E-state index contributed by atoms with van der Waals surface area (Å²) in [6.07, 6.45) is 0. The van der Waals surface area contributed by atoms with Crippen LogP contribution in [-0.4, -0.2) is 17.5 Å². The zero-order chi connectivity index (χ0) is 14.1. The summed E-state index contributed by atoms with van der Waals surface area (Å²) in [5.41, 5.74) is 0.598. The van der Waals surface area contributed by atoms with Crippen molar-refractivity contribution < 1.29 is 18.3 Å². The van der Waals surface area contributed by atoms with E-state index in [1.165, 1.54) is 0 Å². The number of hydrogen-bond acceptors (Lipinski definition) is 3. The van der Waals surface area contributed by atoms with Crippen LogP contribution < -0.4 is 10.1 Å². The monoisotopic (exact) mass is 276 g/mol. The molecule has 2 aromatic rings. The minimum absolute atomic E-state index is 0.152. The number of aromatic nitrogens is 1. The number of carbonyl (C=O) groups is 1. The first kappa shape index (κ1) is 12.5. The number of carbonyl (C=O) groups excluding carboxylic acids is 1. The van der Waals surface area contributed by atoms with E-state index < -0.39 is 23.7 Å². The number of para-hydroxylation sites is 1. The Morgan fingerprint density at radius 3 is 2.85 bits per heavy atom.